The molecular formula is C30H32N6O9. The first-order chi connectivity index (χ1) is 21.5. The molecule has 3 N–H and O–H groups in total. The normalized spacial score (nSPS) is 10.7. The minimum atomic E-state index is -1.21. The Morgan fingerprint density at radius 3 is 1.11 bits per heavy atom. The number of carbonyl (C=O) groups is 3. The van der Waals surface area contributed by atoms with Crippen molar-refractivity contribution in [1.82, 2.24) is 0 Å². The summed E-state index contributed by atoms with van der Waals surface area (Å²) >= 11 is 0. The Kier molecular flexibility index (Phi) is 11.7. The minimum Gasteiger partial charge on any atom is -0.448 e. The van der Waals surface area contributed by atoms with Crippen molar-refractivity contribution in [3.05, 3.63) is 86.0 Å². The van der Waals surface area contributed by atoms with Gasteiger partial charge < -0.3 is 14.2 Å². The van der Waals surface area contributed by atoms with Crippen LogP contribution in [-0.4, -0.2) is 38.1 Å². The number of nitroso groups, excluding NO2 is 3. The molecule has 3 aromatic carbocycles. The average molecular weight is 621 g/mol. The first-order valence-corrected chi connectivity index (χ1v) is 13.6. The lowest BCUT2D eigenvalue weighted by Crippen LogP contribution is -2.40. The van der Waals surface area contributed by atoms with Gasteiger partial charge in [0.05, 0.1) is 5.41 Å². The molecule has 0 saturated carbocycles. The molecule has 0 radical (unpaired) electrons. The number of nitrogens with zero attached hydrogens (tertiary/aromatic N) is 3. The fourth-order valence-electron chi connectivity index (χ4n) is 3.91. The highest BCUT2D eigenvalue weighted by Gasteiger charge is 2.34. The van der Waals surface area contributed by atoms with E-state index in [4.69, 9.17) is 14.2 Å². The molecule has 15 heteroatoms. The predicted octanol–water partition coefficient (Wildman–Crippen LogP) is 8.25. The number of hydrogen-bond donors (Lipinski definition) is 3. The van der Waals surface area contributed by atoms with Crippen molar-refractivity contribution in [2.45, 2.75) is 34.1 Å². The van der Waals surface area contributed by atoms with Crippen LogP contribution in [-0.2, 0) is 14.2 Å². The van der Waals surface area contributed by atoms with Crippen molar-refractivity contribution >= 4 is 52.4 Å². The fraction of sp³-hybridized carbons (Fsp3) is 0.300. The highest BCUT2D eigenvalue weighted by Crippen LogP contribution is 2.28. The Balaban J connectivity index is 1.71. The van der Waals surface area contributed by atoms with Crippen molar-refractivity contribution in [2.75, 3.05) is 35.8 Å². The lowest BCUT2D eigenvalue weighted by Gasteiger charge is -2.31. The van der Waals surface area contributed by atoms with E-state index in [0.717, 1.165) is 0 Å². The molecule has 0 atom stereocenters. The maximum atomic E-state index is 12.6. The van der Waals surface area contributed by atoms with Crippen LogP contribution in [0.2, 0.25) is 0 Å². The molecule has 0 aliphatic rings. The summed E-state index contributed by atoms with van der Waals surface area (Å²) in [5, 5.41) is 16.2. The maximum Gasteiger partial charge on any atom is 0.411 e. The fourth-order valence-corrected chi connectivity index (χ4v) is 3.91. The summed E-state index contributed by atoms with van der Waals surface area (Å²) in [6.07, 6.45) is -2.43. The second-order valence-corrected chi connectivity index (χ2v) is 10.2. The molecule has 0 fully saturated rings. The molecule has 0 aromatic heterocycles. The van der Waals surface area contributed by atoms with Crippen molar-refractivity contribution in [3.8, 4) is 0 Å². The van der Waals surface area contributed by atoms with Crippen LogP contribution >= 0.6 is 0 Å². The number of rotatable bonds is 13. The first kappa shape index (κ1) is 33.8. The van der Waals surface area contributed by atoms with E-state index in [0.29, 0.717) is 16.7 Å². The summed E-state index contributed by atoms with van der Waals surface area (Å²) in [4.78, 5) is 71.0. The van der Waals surface area contributed by atoms with Gasteiger partial charge in [-0.15, -0.1) is 14.7 Å². The molecule has 45 heavy (non-hydrogen) atoms. The van der Waals surface area contributed by atoms with Gasteiger partial charge in [0.25, 0.3) is 0 Å². The summed E-state index contributed by atoms with van der Waals surface area (Å²) in [5.74, 6) is 0. The molecule has 0 unspecified atom stereocenters. The van der Waals surface area contributed by atoms with E-state index in [1.165, 1.54) is 18.2 Å². The molecule has 0 aliphatic heterocycles. The minimum absolute atomic E-state index is 0.142. The standard InChI is InChI=1S/C30H32N6O9/c1-5-30(15-43-27(37)31-21-9-6-18(2)24(12-21)34-40,16-44-28(38)32-22-10-7-19(3)25(13-22)35-41)17-45-29(39)33-23-11-8-20(4)26(14-23)36-42/h6-14H,5,15-17H2,1-4H3,(H,31,37)(H,32,38)(H,33,39). The van der Waals surface area contributed by atoms with Crippen LogP contribution in [0.1, 0.15) is 30.0 Å². The number of amides is 3. The average Bonchev–Trinajstić information content (AvgIpc) is 3.03. The molecule has 3 aromatic rings. The number of hydrogen-bond acceptors (Lipinski definition) is 12. The molecule has 0 heterocycles. The van der Waals surface area contributed by atoms with E-state index in [1.807, 2.05) is 0 Å². The zero-order chi connectivity index (χ0) is 33.0. The third-order valence-electron chi connectivity index (χ3n) is 6.94. The predicted molar refractivity (Wildman–Crippen MR) is 168 cm³/mol. The van der Waals surface area contributed by atoms with Crippen LogP contribution in [0.25, 0.3) is 0 Å². The van der Waals surface area contributed by atoms with Crippen molar-refractivity contribution < 1.29 is 28.6 Å². The monoisotopic (exact) mass is 620 g/mol. The lowest BCUT2D eigenvalue weighted by molar-refractivity contribution is -0.0104. The van der Waals surface area contributed by atoms with Crippen LogP contribution in [0.3, 0.4) is 0 Å². The van der Waals surface area contributed by atoms with E-state index < -0.39 is 23.7 Å². The number of ether oxygens (including phenoxy) is 3. The van der Waals surface area contributed by atoms with Crippen molar-refractivity contribution in [2.24, 2.45) is 20.9 Å². The second-order valence-electron chi connectivity index (χ2n) is 10.2. The van der Waals surface area contributed by atoms with Crippen molar-refractivity contribution in [3.63, 3.8) is 0 Å². The highest BCUT2D eigenvalue weighted by molar-refractivity contribution is 5.87. The van der Waals surface area contributed by atoms with Crippen LogP contribution in [0.15, 0.2) is 70.1 Å². The van der Waals surface area contributed by atoms with Gasteiger partial charge in [0.2, 0.25) is 0 Å². The molecule has 0 bridgehead atoms. The van der Waals surface area contributed by atoms with Gasteiger partial charge in [-0.2, -0.15) is 0 Å². The molecule has 3 rings (SSSR count). The van der Waals surface area contributed by atoms with E-state index in [2.05, 4.69) is 31.5 Å². The Bertz CT molecular complexity index is 1410. The van der Waals surface area contributed by atoms with Crippen LogP contribution in [0.5, 0.6) is 0 Å². The zero-order valence-corrected chi connectivity index (χ0v) is 25.0. The number of carbonyl (C=O) groups excluding carboxylic acids is 3. The topological polar surface area (TPSA) is 203 Å². The highest BCUT2D eigenvalue weighted by atomic mass is 16.6. The summed E-state index contributed by atoms with van der Waals surface area (Å²) in [5.41, 5.74) is 1.86. The van der Waals surface area contributed by atoms with Gasteiger partial charge in [-0.1, -0.05) is 25.1 Å². The quantitative estimate of drug-likeness (QED) is 0.124. The van der Waals surface area contributed by atoms with E-state index in [1.54, 1.807) is 64.1 Å². The van der Waals surface area contributed by atoms with Gasteiger partial charge in [0, 0.05) is 17.1 Å². The molecular weight excluding hydrogens is 588 g/mol. The van der Waals surface area contributed by atoms with Crippen LogP contribution in [0, 0.1) is 40.9 Å². The van der Waals surface area contributed by atoms with Gasteiger partial charge in [0.15, 0.2) is 0 Å². The summed E-state index contributed by atoms with van der Waals surface area (Å²) in [6.45, 7) is 5.73. The Labute approximate surface area is 257 Å². The smallest absolute Gasteiger partial charge is 0.411 e. The Morgan fingerprint density at radius 1 is 0.578 bits per heavy atom. The molecule has 236 valence electrons. The van der Waals surface area contributed by atoms with E-state index in [-0.39, 0.29) is 60.4 Å². The lowest BCUT2D eigenvalue weighted by atomic mass is 9.88. The third-order valence-corrected chi connectivity index (χ3v) is 6.94. The number of aryl methyl sites for hydroxylation is 3. The molecule has 0 saturated heterocycles. The largest absolute Gasteiger partial charge is 0.448 e. The molecule has 3 amide bonds. The van der Waals surface area contributed by atoms with E-state index in [9.17, 15) is 29.1 Å². The zero-order valence-electron chi connectivity index (χ0n) is 25.0. The maximum absolute atomic E-state index is 12.6. The van der Waals surface area contributed by atoms with Crippen molar-refractivity contribution in [1.29, 1.82) is 0 Å². The molecule has 0 aliphatic carbocycles. The Hall–Kier alpha value is -5.73. The second kappa shape index (κ2) is 15.7. The Morgan fingerprint density at radius 2 is 0.867 bits per heavy atom. The first-order valence-electron chi connectivity index (χ1n) is 13.6. The van der Waals surface area contributed by atoms with Gasteiger partial charge in [0.1, 0.15) is 36.9 Å². The molecule has 0 spiro atoms. The molecule has 15 nitrogen and oxygen atoms in total. The van der Waals surface area contributed by atoms with Gasteiger partial charge in [-0.3, -0.25) is 16.0 Å². The number of benzene rings is 3. The van der Waals surface area contributed by atoms with Gasteiger partial charge in [-0.05, 0) is 95.8 Å². The van der Waals surface area contributed by atoms with E-state index >= 15 is 0 Å². The SMILES string of the molecule is CCC(COC(=O)Nc1ccc(C)c(N=O)c1)(COC(=O)Nc1ccc(C)c(N=O)c1)COC(=O)Nc1ccc(C)c(N=O)c1. The van der Waals surface area contributed by atoms with Crippen LogP contribution < -0.4 is 16.0 Å². The summed E-state index contributed by atoms with van der Waals surface area (Å²) in [7, 11) is 0. The number of nitrogens with one attached hydrogen (secondary N) is 3. The van der Waals surface area contributed by atoms with Gasteiger partial charge in [-0.25, -0.2) is 14.4 Å². The summed E-state index contributed by atoms with van der Waals surface area (Å²) < 4.78 is 16.3. The third kappa shape index (κ3) is 9.64. The van der Waals surface area contributed by atoms with Crippen LogP contribution in [0.4, 0.5) is 48.5 Å². The van der Waals surface area contributed by atoms with Gasteiger partial charge >= 0.3 is 18.3 Å². The summed E-state index contributed by atoms with van der Waals surface area (Å²) in [6, 6.07) is 13.6. The number of anilines is 3.